The van der Waals surface area contributed by atoms with Gasteiger partial charge < -0.3 is 11.1 Å². The van der Waals surface area contributed by atoms with Gasteiger partial charge in [-0.15, -0.1) is 0 Å². The summed E-state index contributed by atoms with van der Waals surface area (Å²) in [7, 11) is 0. The Morgan fingerprint density at radius 2 is 1.86 bits per heavy atom. The number of nitrogens with two attached hydrogens (primary N) is 1. The first-order valence-corrected chi connectivity index (χ1v) is 7.03. The van der Waals surface area contributed by atoms with Crippen molar-refractivity contribution in [2.24, 2.45) is 0 Å². The number of anilines is 2. The molecule has 0 aromatic heterocycles. The lowest BCUT2D eigenvalue weighted by Gasteiger charge is -2.20. The van der Waals surface area contributed by atoms with E-state index in [9.17, 15) is 9.59 Å². The fraction of sp³-hybridized carbons (Fsp3) is 0.125. The summed E-state index contributed by atoms with van der Waals surface area (Å²) < 4.78 is 0. The number of nitrogens with one attached hydrogen (secondary N) is 1. The average molecular weight is 318 g/mol. The number of benzene rings is 2. The van der Waals surface area contributed by atoms with E-state index in [1.54, 1.807) is 48.5 Å². The smallest absolute Gasteiger partial charge is 0.329 e. The molecule has 0 saturated heterocycles. The van der Waals surface area contributed by atoms with Gasteiger partial charge in [-0.2, -0.15) is 0 Å². The van der Waals surface area contributed by atoms with Crippen LogP contribution in [-0.2, 0) is 11.3 Å². The van der Waals surface area contributed by atoms with Crippen molar-refractivity contribution in [1.29, 1.82) is 0 Å². The molecule has 3 amide bonds. The van der Waals surface area contributed by atoms with Crippen LogP contribution in [0.3, 0.4) is 0 Å². The Hall–Kier alpha value is -2.53. The molecule has 0 saturated carbocycles. The second-order valence-corrected chi connectivity index (χ2v) is 5.17. The van der Waals surface area contributed by atoms with Gasteiger partial charge in [-0.3, -0.25) is 4.79 Å². The molecule has 0 atom stereocenters. The molecule has 0 aliphatic carbocycles. The van der Waals surface area contributed by atoms with Crippen LogP contribution in [0.25, 0.3) is 0 Å². The standard InChI is InChI=1S/C16H16ClN3O2/c1-11(21)20(15-4-2-3-14(18)9-15)16(22)19-10-12-5-7-13(17)8-6-12/h2-9H,10,18H2,1H3,(H,19,22). The molecule has 0 aliphatic rings. The lowest BCUT2D eigenvalue weighted by atomic mass is 10.2. The zero-order chi connectivity index (χ0) is 16.1. The number of hydrogen-bond donors (Lipinski definition) is 2. The minimum Gasteiger partial charge on any atom is -0.399 e. The lowest BCUT2D eigenvalue weighted by Crippen LogP contribution is -2.42. The van der Waals surface area contributed by atoms with Crippen molar-refractivity contribution in [2.75, 3.05) is 10.6 Å². The number of urea groups is 1. The normalized spacial score (nSPS) is 10.1. The van der Waals surface area contributed by atoms with Crippen molar-refractivity contribution in [3.05, 3.63) is 59.1 Å². The summed E-state index contributed by atoms with van der Waals surface area (Å²) in [6.07, 6.45) is 0. The maximum Gasteiger partial charge on any atom is 0.329 e. The van der Waals surface area contributed by atoms with Gasteiger partial charge in [0, 0.05) is 24.2 Å². The van der Waals surface area contributed by atoms with Gasteiger partial charge in [-0.25, -0.2) is 9.69 Å². The molecule has 2 aromatic carbocycles. The molecule has 2 rings (SSSR count). The van der Waals surface area contributed by atoms with E-state index in [4.69, 9.17) is 17.3 Å². The third kappa shape index (κ3) is 3.99. The Bertz CT molecular complexity index is 686. The van der Waals surface area contributed by atoms with Gasteiger partial charge in [0.15, 0.2) is 0 Å². The highest BCUT2D eigenvalue weighted by molar-refractivity contribution is 6.30. The van der Waals surface area contributed by atoms with Gasteiger partial charge in [0.2, 0.25) is 5.91 Å². The zero-order valence-electron chi connectivity index (χ0n) is 12.0. The van der Waals surface area contributed by atoms with Crippen LogP contribution in [0.15, 0.2) is 48.5 Å². The highest BCUT2D eigenvalue weighted by atomic mass is 35.5. The molecule has 114 valence electrons. The van der Waals surface area contributed by atoms with E-state index >= 15 is 0 Å². The van der Waals surface area contributed by atoms with Crippen LogP contribution in [0, 0.1) is 0 Å². The first-order chi connectivity index (χ1) is 10.5. The Labute approximate surface area is 133 Å². The Balaban J connectivity index is 2.10. The Morgan fingerprint density at radius 1 is 1.18 bits per heavy atom. The quantitative estimate of drug-likeness (QED) is 0.854. The predicted octanol–water partition coefficient (Wildman–Crippen LogP) is 3.18. The van der Waals surface area contributed by atoms with Crippen molar-refractivity contribution in [2.45, 2.75) is 13.5 Å². The van der Waals surface area contributed by atoms with Crippen LogP contribution in [0.2, 0.25) is 5.02 Å². The summed E-state index contributed by atoms with van der Waals surface area (Å²) in [6, 6.07) is 13.2. The van der Waals surface area contributed by atoms with E-state index in [0.29, 0.717) is 22.9 Å². The maximum atomic E-state index is 12.3. The molecule has 5 nitrogen and oxygen atoms in total. The van der Waals surface area contributed by atoms with Crippen molar-refractivity contribution >= 4 is 34.9 Å². The SMILES string of the molecule is CC(=O)N(C(=O)NCc1ccc(Cl)cc1)c1cccc(N)c1. The topological polar surface area (TPSA) is 75.4 Å². The minimum absolute atomic E-state index is 0.294. The summed E-state index contributed by atoms with van der Waals surface area (Å²) in [4.78, 5) is 25.1. The molecule has 0 aliphatic heterocycles. The molecule has 22 heavy (non-hydrogen) atoms. The molecule has 2 aromatic rings. The van der Waals surface area contributed by atoms with E-state index in [1.807, 2.05) is 0 Å². The van der Waals surface area contributed by atoms with Crippen LogP contribution in [0.5, 0.6) is 0 Å². The van der Waals surface area contributed by atoms with E-state index in [2.05, 4.69) is 5.32 Å². The fourth-order valence-corrected chi connectivity index (χ4v) is 2.09. The molecule has 0 heterocycles. The molecule has 0 spiro atoms. The lowest BCUT2D eigenvalue weighted by molar-refractivity contribution is -0.115. The Morgan fingerprint density at radius 3 is 2.45 bits per heavy atom. The average Bonchev–Trinajstić information content (AvgIpc) is 2.46. The van der Waals surface area contributed by atoms with Crippen molar-refractivity contribution < 1.29 is 9.59 Å². The van der Waals surface area contributed by atoms with Crippen LogP contribution >= 0.6 is 11.6 Å². The summed E-state index contributed by atoms with van der Waals surface area (Å²) >= 11 is 5.81. The number of nitrogens with zero attached hydrogens (tertiary/aromatic N) is 1. The third-order valence-corrected chi connectivity index (χ3v) is 3.26. The minimum atomic E-state index is -0.506. The second-order valence-electron chi connectivity index (χ2n) is 4.73. The number of imide groups is 1. The van der Waals surface area contributed by atoms with E-state index in [0.717, 1.165) is 10.5 Å². The number of nitrogen functional groups attached to an aromatic ring is 1. The third-order valence-electron chi connectivity index (χ3n) is 3.00. The first kappa shape index (κ1) is 15.9. The molecule has 0 radical (unpaired) electrons. The van der Waals surface area contributed by atoms with Gasteiger partial charge in [0.05, 0.1) is 5.69 Å². The highest BCUT2D eigenvalue weighted by Crippen LogP contribution is 2.18. The number of carbonyl (C=O) groups is 2. The maximum absolute atomic E-state index is 12.3. The largest absolute Gasteiger partial charge is 0.399 e. The molecule has 6 heteroatoms. The van der Waals surface area contributed by atoms with Gasteiger partial charge >= 0.3 is 6.03 Å². The van der Waals surface area contributed by atoms with Crippen molar-refractivity contribution in [3.63, 3.8) is 0 Å². The van der Waals surface area contributed by atoms with Crippen LogP contribution in [-0.4, -0.2) is 11.9 Å². The molecule has 0 fully saturated rings. The fourth-order valence-electron chi connectivity index (χ4n) is 1.96. The number of amides is 3. The predicted molar refractivity (Wildman–Crippen MR) is 87.7 cm³/mol. The summed E-state index contributed by atoms with van der Waals surface area (Å²) in [5.41, 5.74) is 7.49. The summed E-state index contributed by atoms with van der Waals surface area (Å²) in [5.74, 6) is -0.390. The molecule has 0 unspecified atom stereocenters. The van der Waals surface area contributed by atoms with Crippen molar-refractivity contribution in [3.8, 4) is 0 Å². The summed E-state index contributed by atoms with van der Waals surface area (Å²) in [5, 5.41) is 3.33. The van der Waals surface area contributed by atoms with E-state index in [1.165, 1.54) is 6.92 Å². The monoisotopic (exact) mass is 317 g/mol. The molecular weight excluding hydrogens is 302 g/mol. The van der Waals surface area contributed by atoms with Gasteiger partial charge in [0.1, 0.15) is 0 Å². The Kier molecular flexibility index (Phi) is 5.01. The number of halogens is 1. The highest BCUT2D eigenvalue weighted by Gasteiger charge is 2.19. The van der Waals surface area contributed by atoms with Crippen LogP contribution in [0.1, 0.15) is 12.5 Å². The summed E-state index contributed by atoms with van der Waals surface area (Å²) in [6.45, 7) is 1.62. The van der Waals surface area contributed by atoms with Crippen LogP contribution in [0.4, 0.5) is 16.2 Å². The van der Waals surface area contributed by atoms with Crippen LogP contribution < -0.4 is 16.0 Å². The molecule has 3 N–H and O–H groups in total. The van der Waals surface area contributed by atoms with Crippen molar-refractivity contribution in [1.82, 2.24) is 5.32 Å². The molecule has 0 bridgehead atoms. The first-order valence-electron chi connectivity index (χ1n) is 6.66. The number of carbonyl (C=O) groups excluding carboxylic acids is 2. The molecular formula is C16H16ClN3O2. The van der Waals surface area contributed by atoms with Gasteiger partial charge in [0.25, 0.3) is 0 Å². The van der Waals surface area contributed by atoms with E-state index < -0.39 is 6.03 Å². The van der Waals surface area contributed by atoms with Gasteiger partial charge in [-0.05, 0) is 35.9 Å². The van der Waals surface area contributed by atoms with E-state index in [-0.39, 0.29) is 5.91 Å². The zero-order valence-corrected chi connectivity index (χ0v) is 12.8. The number of hydrogen-bond acceptors (Lipinski definition) is 3. The second kappa shape index (κ2) is 6.95. The number of rotatable bonds is 3. The van der Waals surface area contributed by atoms with Gasteiger partial charge in [-0.1, -0.05) is 29.8 Å².